The first kappa shape index (κ1) is 15.6. The molecule has 1 aromatic carbocycles. The molecule has 0 radical (unpaired) electrons. The summed E-state index contributed by atoms with van der Waals surface area (Å²) in [7, 11) is 0. The van der Waals surface area contributed by atoms with Crippen molar-refractivity contribution in [3.05, 3.63) is 34.4 Å². The van der Waals surface area contributed by atoms with Crippen LogP contribution in [0.5, 0.6) is 5.75 Å². The van der Waals surface area contributed by atoms with Crippen molar-refractivity contribution in [2.75, 3.05) is 6.61 Å². The third-order valence-electron chi connectivity index (χ3n) is 3.15. The zero-order chi connectivity index (χ0) is 15.6. The van der Waals surface area contributed by atoms with Crippen molar-refractivity contribution in [2.24, 2.45) is 0 Å². The summed E-state index contributed by atoms with van der Waals surface area (Å²) in [5, 5.41) is 48.6. The summed E-state index contributed by atoms with van der Waals surface area (Å²) in [5.41, 5.74) is -0.129. The average molecular weight is 301 g/mol. The van der Waals surface area contributed by atoms with Gasteiger partial charge in [0.15, 0.2) is 0 Å². The Morgan fingerprint density at radius 2 is 1.76 bits per heavy atom. The van der Waals surface area contributed by atoms with E-state index in [0.29, 0.717) is 0 Å². The number of hydrogen-bond acceptors (Lipinski definition) is 8. The van der Waals surface area contributed by atoms with Crippen LogP contribution in [0.25, 0.3) is 0 Å². The number of ether oxygens (including phenoxy) is 2. The van der Waals surface area contributed by atoms with E-state index in [9.17, 15) is 25.4 Å². The molecular weight excluding hydrogens is 286 g/mol. The number of hydrogen-bond donors (Lipinski definition) is 4. The predicted molar refractivity (Wildman–Crippen MR) is 67.5 cm³/mol. The smallest absolute Gasteiger partial charge is 0.269 e. The Balaban J connectivity index is 2.08. The Bertz CT molecular complexity index is 491. The van der Waals surface area contributed by atoms with Crippen LogP contribution in [0.15, 0.2) is 24.3 Å². The van der Waals surface area contributed by atoms with Crippen molar-refractivity contribution in [2.45, 2.75) is 30.7 Å². The molecule has 116 valence electrons. The third-order valence-corrected chi connectivity index (χ3v) is 3.15. The van der Waals surface area contributed by atoms with Crippen molar-refractivity contribution in [1.82, 2.24) is 0 Å². The minimum atomic E-state index is -1.54. The van der Waals surface area contributed by atoms with Gasteiger partial charge in [0.2, 0.25) is 6.29 Å². The standard InChI is InChI=1S/C12H15NO8/c14-5-8-9(15)10(16)11(17)12(21-8)20-7-3-1-6(2-4-7)13(18)19/h1-4,8-12,14-17H,5H2/t8-,9+,10+,11-,12+/m0/s1. The lowest BCUT2D eigenvalue weighted by Crippen LogP contribution is -2.60. The number of rotatable bonds is 4. The molecule has 1 heterocycles. The van der Waals surface area contributed by atoms with Crippen LogP contribution in [0.2, 0.25) is 0 Å². The zero-order valence-corrected chi connectivity index (χ0v) is 10.8. The highest BCUT2D eigenvalue weighted by Crippen LogP contribution is 2.25. The number of aliphatic hydroxyl groups is 4. The van der Waals surface area contributed by atoms with Gasteiger partial charge in [0.05, 0.1) is 11.5 Å². The summed E-state index contributed by atoms with van der Waals surface area (Å²) in [6, 6.07) is 5.03. The molecule has 1 saturated heterocycles. The lowest BCUT2D eigenvalue weighted by molar-refractivity contribution is -0.384. The summed E-state index contributed by atoms with van der Waals surface area (Å²) in [6.45, 7) is -0.564. The van der Waals surface area contributed by atoms with Gasteiger partial charge in [-0.25, -0.2) is 0 Å². The molecule has 1 aromatic rings. The maximum Gasteiger partial charge on any atom is 0.269 e. The van der Waals surface area contributed by atoms with Crippen molar-refractivity contribution >= 4 is 5.69 Å². The highest BCUT2D eigenvalue weighted by Gasteiger charge is 2.44. The first-order chi connectivity index (χ1) is 9.93. The van der Waals surface area contributed by atoms with Gasteiger partial charge in [-0.3, -0.25) is 10.1 Å². The topological polar surface area (TPSA) is 143 Å². The van der Waals surface area contributed by atoms with Crippen molar-refractivity contribution in [3.63, 3.8) is 0 Å². The van der Waals surface area contributed by atoms with Crippen LogP contribution in [0.3, 0.4) is 0 Å². The Morgan fingerprint density at radius 1 is 1.14 bits per heavy atom. The molecule has 9 heteroatoms. The molecule has 1 fully saturated rings. The van der Waals surface area contributed by atoms with Crippen LogP contribution in [0, 0.1) is 10.1 Å². The fraction of sp³-hybridized carbons (Fsp3) is 0.500. The molecule has 0 amide bonds. The molecule has 0 saturated carbocycles. The van der Waals surface area contributed by atoms with Gasteiger partial charge < -0.3 is 29.9 Å². The molecule has 9 nitrogen and oxygen atoms in total. The van der Waals surface area contributed by atoms with E-state index < -0.39 is 42.2 Å². The first-order valence-corrected chi connectivity index (χ1v) is 6.15. The number of aliphatic hydroxyl groups excluding tert-OH is 4. The lowest BCUT2D eigenvalue weighted by atomic mass is 9.99. The minimum Gasteiger partial charge on any atom is -0.462 e. The van der Waals surface area contributed by atoms with Gasteiger partial charge in [-0.2, -0.15) is 0 Å². The van der Waals surface area contributed by atoms with Crippen LogP contribution in [0.4, 0.5) is 5.69 Å². The highest BCUT2D eigenvalue weighted by molar-refractivity contribution is 5.36. The molecule has 1 aliphatic heterocycles. The monoisotopic (exact) mass is 301 g/mol. The molecule has 21 heavy (non-hydrogen) atoms. The first-order valence-electron chi connectivity index (χ1n) is 6.15. The second kappa shape index (κ2) is 6.33. The van der Waals surface area contributed by atoms with Gasteiger partial charge in [0.25, 0.3) is 5.69 Å². The van der Waals surface area contributed by atoms with Crippen LogP contribution < -0.4 is 4.74 Å². The van der Waals surface area contributed by atoms with E-state index in [1.165, 1.54) is 24.3 Å². The normalized spacial score (nSPS) is 32.7. The zero-order valence-electron chi connectivity index (χ0n) is 10.8. The summed E-state index contributed by atoms with van der Waals surface area (Å²) in [6.07, 6.45) is -6.94. The average Bonchev–Trinajstić information content (AvgIpc) is 2.48. The number of nitro groups is 1. The fourth-order valence-electron chi connectivity index (χ4n) is 1.95. The van der Waals surface area contributed by atoms with Gasteiger partial charge >= 0.3 is 0 Å². The van der Waals surface area contributed by atoms with Gasteiger partial charge in [0.1, 0.15) is 30.2 Å². The Hall–Kier alpha value is -1.78. The lowest BCUT2D eigenvalue weighted by Gasteiger charge is -2.39. The molecule has 0 aliphatic carbocycles. The second-order valence-electron chi connectivity index (χ2n) is 4.57. The molecular formula is C12H15NO8. The van der Waals surface area contributed by atoms with Crippen molar-refractivity contribution < 1.29 is 34.8 Å². The molecule has 1 aliphatic rings. The van der Waals surface area contributed by atoms with E-state index in [1.807, 2.05) is 0 Å². The highest BCUT2D eigenvalue weighted by atomic mass is 16.7. The number of nitrogens with zero attached hydrogens (tertiary/aromatic N) is 1. The Morgan fingerprint density at radius 3 is 2.29 bits per heavy atom. The predicted octanol–water partition coefficient (Wildman–Crippen LogP) is -1.23. The van der Waals surface area contributed by atoms with E-state index >= 15 is 0 Å². The van der Waals surface area contributed by atoms with Crippen molar-refractivity contribution in [3.8, 4) is 5.75 Å². The quantitative estimate of drug-likeness (QED) is 0.400. The molecule has 0 bridgehead atoms. The Kier molecular flexibility index (Phi) is 4.70. The summed E-state index contributed by atoms with van der Waals surface area (Å²) < 4.78 is 10.4. The van der Waals surface area contributed by atoms with Crippen LogP contribution in [0.1, 0.15) is 0 Å². The van der Waals surface area contributed by atoms with E-state index in [2.05, 4.69) is 0 Å². The molecule has 0 unspecified atom stereocenters. The minimum absolute atomic E-state index is 0.129. The summed E-state index contributed by atoms with van der Waals surface area (Å²) >= 11 is 0. The van der Waals surface area contributed by atoms with Gasteiger partial charge in [-0.15, -0.1) is 0 Å². The van der Waals surface area contributed by atoms with Crippen molar-refractivity contribution in [1.29, 1.82) is 0 Å². The van der Waals surface area contributed by atoms with Crippen LogP contribution in [-0.2, 0) is 4.74 Å². The van der Waals surface area contributed by atoms with Gasteiger partial charge in [0, 0.05) is 12.1 Å². The third kappa shape index (κ3) is 3.28. The maximum absolute atomic E-state index is 10.5. The summed E-state index contributed by atoms with van der Waals surface area (Å²) in [4.78, 5) is 9.95. The Labute approximate surface area is 119 Å². The number of nitro benzene ring substituents is 1. The SMILES string of the molecule is O=[N+]([O-])c1ccc(O[C@@H]2O[C@@H](CO)[C@@H](O)[C@@H](O)[C@@H]2O)cc1. The van der Waals surface area contributed by atoms with Crippen LogP contribution in [-0.4, -0.2) is 62.7 Å². The second-order valence-corrected chi connectivity index (χ2v) is 4.57. The van der Waals surface area contributed by atoms with E-state index in [4.69, 9.17) is 14.6 Å². The van der Waals surface area contributed by atoms with Gasteiger partial charge in [-0.05, 0) is 12.1 Å². The fourth-order valence-corrected chi connectivity index (χ4v) is 1.95. The molecule has 2 rings (SSSR count). The largest absolute Gasteiger partial charge is 0.462 e. The molecule has 0 spiro atoms. The van der Waals surface area contributed by atoms with Gasteiger partial charge in [-0.1, -0.05) is 0 Å². The maximum atomic E-state index is 10.5. The number of benzene rings is 1. The van der Waals surface area contributed by atoms with E-state index in [0.717, 1.165) is 0 Å². The molecule has 4 N–H and O–H groups in total. The molecule has 5 atom stereocenters. The van der Waals surface area contributed by atoms with Crippen LogP contribution >= 0.6 is 0 Å². The van der Waals surface area contributed by atoms with E-state index in [1.54, 1.807) is 0 Å². The summed E-state index contributed by atoms with van der Waals surface area (Å²) in [5.74, 6) is 0.171. The van der Waals surface area contributed by atoms with E-state index in [-0.39, 0.29) is 11.4 Å². The number of non-ortho nitro benzene ring substituents is 1. The molecule has 0 aromatic heterocycles.